The van der Waals surface area contributed by atoms with Crippen LogP contribution in [0.2, 0.25) is 0 Å². The Morgan fingerprint density at radius 3 is 2.70 bits per heavy atom. The standard InChI is InChI=1S/C20H19NO2/c1-12-5-7-13(8-6-12)19-16-4-2-3-15(16)17-11-14(20(22)23)9-10-18(17)21-19/h2-3,5-11,15-16,19,21H,4H2,1H3,(H,22,23)/p-1/t15-,16+,19-/m0/s1. The summed E-state index contributed by atoms with van der Waals surface area (Å²) in [6, 6.07) is 14.1. The van der Waals surface area contributed by atoms with Crippen molar-refractivity contribution in [1.82, 2.24) is 0 Å². The van der Waals surface area contributed by atoms with Crippen LogP contribution in [-0.4, -0.2) is 5.97 Å². The highest BCUT2D eigenvalue weighted by Crippen LogP contribution is 2.49. The summed E-state index contributed by atoms with van der Waals surface area (Å²) in [7, 11) is 0. The van der Waals surface area contributed by atoms with Crippen molar-refractivity contribution in [3.63, 3.8) is 0 Å². The third-order valence-corrected chi connectivity index (χ3v) is 5.03. The predicted molar refractivity (Wildman–Crippen MR) is 88.3 cm³/mol. The van der Waals surface area contributed by atoms with Gasteiger partial charge < -0.3 is 15.2 Å². The van der Waals surface area contributed by atoms with Gasteiger partial charge in [-0.15, -0.1) is 0 Å². The molecule has 4 rings (SSSR count). The van der Waals surface area contributed by atoms with Gasteiger partial charge in [-0.3, -0.25) is 0 Å². The van der Waals surface area contributed by atoms with Gasteiger partial charge >= 0.3 is 0 Å². The van der Waals surface area contributed by atoms with Crippen LogP contribution in [-0.2, 0) is 0 Å². The van der Waals surface area contributed by atoms with Crippen molar-refractivity contribution in [2.75, 3.05) is 5.32 Å². The Morgan fingerprint density at radius 1 is 1.17 bits per heavy atom. The van der Waals surface area contributed by atoms with Gasteiger partial charge in [0.1, 0.15) is 0 Å². The molecule has 0 aromatic heterocycles. The lowest BCUT2D eigenvalue weighted by Gasteiger charge is -2.38. The monoisotopic (exact) mass is 304 g/mol. The number of anilines is 1. The molecular weight excluding hydrogens is 286 g/mol. The number of carbonyl (C=O) groups is 1. The molecule has 0 amide bonds. The highest BCUT2D eigenvalue weighted by molar-refractivity contribution is 5.87. The topological polar surface area (TPSA) is 52.2 Å². The summed E-state index contributed by atoms with van der Waals surface area (Å²) in [6.45, 7) is 2.09. The van der Waals surface area contributed by atoms with E-state index in [1.165, 1.54) is 11.1 Å². The van der Waals surface area contributed by atoms with Crippen LogP contribution in [0, 0.1) is 12.8 Å². The van der Waals surface area contributed by atoms with Gasteiger partial charge in [-0.1, -0.05) is 48.0 Å². The van der Waals surface area contributed by atoms with Gasteiger partial charge in [0, 0.05) is 11.6 Å². The van der Waals surface area contributed by atoms with Crippen LogP contribution in [0.25, 0.3) is 0 Å². The molecule has 0 spiro atoms. The first-order valence-corrected chi connectivity index (χ1v) is 7.98. The molecule has 0 radical (unpaired) electrons. The van der Waals surface area contributed by atoms with Crippen molar-refractivity contribution in [1.29, 1.82) is 0 Å². The lowest BCUT2D eigenvalue weighted by atomic mass is 9.76. The maximum atomic E-state index is 11.1. The van der Waals surface area contributed by atoms with Crippen LogP contribution in [0.5, 0.6) is 0 Å². The molecule has 0 saturated carbocycles. The lowest BCUT2D eigenvalue weighted by molar-refractivity contribution is -0.255. The average Bonchev–Trinajstić information content (AvgIpc) is 3.04. The van der Waals surface area contributed by atoms with E-state index in [4.69, 9.17) is 0 Å². The minimum Gasteiger partial charge on any atom is -0.545 e. The Morgan fingerprint density at radius 2 is 1.96 bits per heavy atom. The van der Waals surface area contributed by atoms with Crippen LogP contribution in [0.1, 0.15) is 45.4 Å². The molecule has 1 N–H and O–H groups in total. The average molecular weight is 304 g/mol. The van der Waals surface area contributed by atoms with E-state index < -0.39 is 5.97 Å². The van der Waals surface area contributed by atoms with Crippen LogP contribution >= 0.6 is 0 Å². The molecule has 2 aliphatic rings. The molecule has 0 bridgehead atoms. The van der Waals surface area contributed by atoms with Gasteiger partial charge in [0.2, 0.25) is 0 Å². The first-order valence-electron chi connectivity index (χ1n) is 7.98. The number of benzene rings is 2. The van der Waals surface area contributed by atoms with Gasteiger partial charge in [0.05, 0.1) is 12.0 Å². The number of hydrogen-bond acceptors (Lipinski definition) is 3. The smallest absolute Gasteiger partial charge is 0.0715 e. The number of allylic oxidation sites excluding steroid dienone is 2. The number of nitrogens with one attached hydrogen (secondary N) is 1. The Bertz CT molecular complexity index is 792. The molecule has 116 valence electrons. The van der Waals surface area contributed by atoms with E-state index in [9.17, 15) is 9.90 Å². The zero-order valence-electron chi connectivity index (χ0n) is 13.0. The second-order valence-corrected chi connectivity index (χ2v) is 6.48. The van der Waals surface area contributed by atoms with Crippen LogP contribution in [0.15, 0.2) is 54.6 Å². The van der Waals surface area contributed by atoms with Crippen molar-refractivity contribution < 1.29 is 9.90 Å². The van der Waals surface area contributed by atoms with Gasteiger partial charge in [-0.2, -0.15) is 0 Å². The minimum atomic E-state index is -1.12. The van der Waals surface area contributed by atoms with Crippen LogP contribution in [0.3, 0.4) is 0 Å². The lowest BCUT2D eigenvalue weighted by Crippen LogP contribution is -2.30. The number of aryl methyl sites for hydroxylation is 1. The summed E-state index contributed by atoms with van der Waals surface area (Å²) in [4.78, 5) is 11.1. The Hall–Kier alpha value is -2.55. The molecule has 2 aromatic carbocycles. The van der Waals surface area contributed by atoms with Gasteiger partial charge in [0.15, 0.2) is 0 Å². The largest absolute Gasteiger partial charge is 0.545 e. The predicted octanol–water partition coefficient (Wildman–Crippen LogP) is 3.19. The zero-order chi connectivity index (χ0) is 16.0. The van der Waals surface area contributed by atoms with Crippen molar-refractivity contribution >= 4 is 11.7 Å². The molecule has 0 fully saturated rings. The van der Waals surface area contributed by atoms with Crippen LogP contribution in [0.4, 0.5) is 5.69 Å². The Balaban J connectivity index is 1.77. The molecule has 0 unspecified atom stereocenters. The molecule has 1 aliphatic carbocycles. The fourth-order valence-corrected chi connectivity index (χ4v) is 3.83. The second kappa shape index (κ2) is 5.27. The number of carboxylic acids is 1. The summed E-state index contributed by atoms with van der Waals surface area (Å²) in [5.41, 5.74) is 4.87. The first-order chi connectivity index (χ1) is 11.1. The minimum absolute atomic E-state index is 0.247. The normalized spacial score (nSPS) is 24.7. The number of hydrogen-bond donors (Lipinski definition) is 1. The highest BCUT2D eigenvalue weighted by atomic mass is 16.4. The quantitative estimate of drug-likeness (QED) is 0.867. The van der Waals surface area contributed by atoms with Gasteiger partial charge in [-0.05, 0) is 48.1 Å². The number of aromatic carboxylic acids is 1. The number of rotatable bonds is 2. The van der Waals surface area contributed by atoms with E-state index in [-0.39, 0.29) is 17.5 Å². The maximum absolute atomic E-state index is 11.1. The third kappa shape index (κ3) is 2.33. The van der Waals surface area contributed by atoms with E-state index in [1.54, 1.807) is 12.1 Å². The maximum Gasteiger partial charge on any atom is 0.0715 e. The van der Waals surface area contributed by atoms with E-state index in [2.05, 4.69) is 48.7 Å². The third-order valence-electron chi connectivity index (χ3n) is 5.03. The van der Waals surface area contributed by atoms with Crippen molar-refractivity contribution in [3.8, 4) is 0 Å². The number of carboxylic acid groups (broad SMARTS) is 1. The molecule has 23 heavy (non-hydrogen) atoms. The summed E-state index contributed by atoms with van der Waals surface area (Å²) >= 11 is 0. The van der Waals surface area contributed by atoms with Crippen molar-refractivity contribution in [3.05, 3.63) is 76.9 Å². The number of fused-ring (bicyclic) bond motifs is 3. The molecule has 3 nitrogen and oxygen atoms in total. The van der Waals surface area contributed by atoms with Gasteiger partial charge in [0.25, 0.3) is 0 Å². The van der Waals surface area contributed by atoms with Crippen molar-refractivity contribution in [2.45, 2.75) is 25.3 Å². The van der Waals surface area contributed by atoms with Gasteiger partial charge in [-0.25, -0.2) is 0 Å². The molecule has 1 aliphatic heterocycles. The van der Waals surface area contributed by atoms with E-state index in [1.807, 2.05) is 6.07 Å². The fraction of sp³-hybridized carbons (Fsp3) is 0.250. The molecule has 1 heterocycles. The van der Waals surface area contributed by atoms with Crippen molar-refractivity contribution in [2.24, 2.45) is 5.92 Å². The molecule has 0 saturated heterocycles. The van der Waals surface area contributed by atoms with E-state index in [0.717, 1.165) is 17.7 Å². The number of carbonyl (C=O) groups excluding carboxylic acids is 1. The molecule has 3 atom stereocenters. The molecular formula is C20H18NO2-. The van der Waals surface area contributed by atoms with E-state index >= 15 is 0 Å². The first kappa shape index (κ1) is 14.1. The summed E-state index contributed by atoms with van der Waals surface area (Å²) in [5, 5.41) is 14.8. The molecule has 2 aromatic rings. The SMILES string of the molecule is Cc1ccc([C@@H]2Nc3ccc(C(=O)[O-])cc3[C@H]3C=CC[C@H]32)cc1. The fourth-order valence-electron chi connectivity index (χ4n) is 3.83. The second-order valence-electron chi connectivity index (χ2n) is 6.48. The van der Waals surface area contributed by atoms with E-state index in [0.29, 0.717) is 5.92 Å². The summed E-state index contributed by atoms with van der Waals surface area (Å²) in [5.74, 6) is -0.439. The zero-order valence-corrected chi connectivity index (χ0v) is 13.0. The highest BCUT2D eigenvalue weighted by Gasteiger charge is 2.37. The summed E-state index contributed by atoms with van der Waals surface area (Å²) in [6.07, 6.45) is 5.43. The Kier molecular flexibility index (Phi) is 3.22. The van der Waals surface area contributed by atoms with Crippen LogP contribution < -0.4 is 10.4 Å². The Labute approximate surface area is 135 Å². The molecule has 3 heteroatoms. The summed E-state index contributed by atoms with van der Waals surface area (Å²) < 4.78 is 0.